The minimum Gasteiger partial charge on any atom is -0.355 e. The zero-order valence-corrected chi connectivity index (χ0v) is 14.7. The zero-order valence-electron chi connectivity index (χ0n) is 13.9. The fourth-order valence-corrected chi connectivity index (χ4v) is 3.30. The van der Waals surface area contributed by atoms with E-state index in [-0.39, 0.29) is 5.91 Å². The summed E-state index contributed by atoms with van der Waals surface area (Å²) in [6.07, 6.45) is 0.854. The molecule has 3 rings (SSSR count). The average molecular weight is 339 g/mol. The second-order valence-electron chi connectivity index (χ2n) is 5.88. The lowest BCUT2D eigenvalue weighted by Crippen LogP contribution is -2.27. The maximum atomic E-state index is 12.0. The first-order valence-electron chi connectivity index (χ1n) is 8.02. The predicted octanol–water partition coefficient (Wildman–Crippen LogP) is 3.63. The first-order valence-corrected chi connectivity index (χ1v) is 9.01. The number of aryl methyl sites for hydroxylation is 2. The molecule has 0 aliphatic heterocycles. The first kappa shape index (κ1) is 16.6. The van der Waals surface area contributed by atoms with Gasteiger partial charge in [-0.1, -0.05) is 42.1 Å². The summed E-state index contributed by atoms with van der Waals surface area (Å²) in [4.78, 5) is 19.7. The Kier molecular flexibility index (Phi) is 5.20. The molecule has 0 saturated carbocycles. The van der Waals surface area contributed by atoms with Gasteiger partial charge in [0, 0.05) is 6.54 Å². The molecule has 0 aliphatic rings. The molecule has 0 radical (unpaired) electrons. The summed E-state index contributed by atoms with van der Waals surface area (Å²) in [5, 5.41) is 3.75. The van der Waals surface area contributed by atoms with Gasteiger partial charge in [0.25, 0.3) is 0 Å². The molecular formula is C19H21N3OS. The Balaban J connectivity index is 1.47. The number of thioether (sulfide) groups is 1. The molecule has 3 aromatic rings. The van der Waals surface area contributed by atoms with Crippen LogP contribution < -0.4 is 5.32 Å². The first-order chi connectivity index (χ1) is 11.6. The number of hydrogen-bond donors (Lipinski definition) is 2. The number of imidazole rings is 1. The molecule has 0 atom stereocenters. The normalized spacial score (nSPS) is 10.9. The SMILES string of the molecule is Cc1ccc2nc(SCC(=O)NCCc3ccccc3C)[nH]c2c1. The largest absolute Gasteiger partial charge is 0.355 e. The van der Waals surface area contributed by atoms with Crippen molar-refractivity contribution in [2.45, 2.75) is 25.4 Å². The molecule has 4 nitrogen and oxygen atoms in total. The van der Waals surface area contributed by atoms with Crippen LogP contribution in [0, 0.1) is 13.8 Å². The highest BCUT2D eigenvalue weighted by Crippen LogP contribution is 2.20. The number of hydrogen-bond acceptors (Lipinski definition) is 3. The van der Waals surface area contributed by atoms with Crippen molar-refractivity contribution >= 4 is 28.7 Å². The van der Waals surface area contributed by atoms with E-state index in [1.165, 1.54) is 28.5 Å². The molecule has 2 N–H and O–H groups in total. The van der Waals surface area contributed by atoms with E-state index in [1.54, 1.807) is 0 Å². The molecule has 1 aromatic heterocycles. The molecule has 0 unspecified atom stereocenters. The van der Waals surface area contributed by atoms with Gasteiger partial charge in [0.1, 0.15) is 0 Å². The van der Waals surface area contributed by atoms with Crippen LogP contribution in [-0.2, 0) is 11.2 Å². The van der Waals surface area contributed by atoms with Gasteiger partial charge in [0.2, 0.25) is 5.91 Å². The van der Waals surface area contributed by atoms with Crippen molar-refractivity contribution in [1.82, 2.24) is 15.3 Å². The molecule has 1 heterocycles. The van der Waals surface area contributed by atoms with Gasteiger partial charge in [-0.15, -0.1) is 0 Å². The van der Waals surface area contributed by atoms with Crippen molar-refractivity contribution in [2.75, 3.05) is 12.3 Å². The fraction of sp³-hybridized carbons (Fsp3) is 0.263. The maximum absolute atomic E-state index is 12.0. The van der Waals surface area contributed by atoms with Gasteiger partial charge in [-0.25, -0.2) is 4.98 Å². The summed E-state index contributed by atoms with van der Waals surface area (Å²) in [5.41, 5.74) is 5.67. The minimum absolute atomic E-state index is 0.0326. The van der Waals surface area contributed by atoms with E-state index in [4.69, 9.17) is 0 Å². The molecule has 0 spiro atoms. The highest BCUT2D eigenvalue weighted by Gasteiger charge is 2.07. The van der Waals surface area contributed by atoms with Crippen LogP contribution in [-0.4, -0.2) is 28.2 Å². The van der Waals surface area contributed by atoms with E-state index >= 15 is 0 Å². The fourth-order valence-electron chi connectivity index (χ4n) is 2.58. The van der Waals surface area contributed by atoms with Crippen molar-refractivity contribution in [3.05, 3.63) is 59.2 Å². The van der Waals surface area contributed by atoms with Crippen LogP contribution in [0.2, 0.25) is 0 Å². The molecule has 5 heteroatoms. The highest BCUT2D eigenvalue weighted by atomic mass is 32.2. The van der Waals surface area contributed by atoms with E-state index < -0.39 is 0 Å². The smallest absolute Gasteiger partial charge is 0.230 e. The molecule has 124 valence electrons. The summed E-state index contributed by atoms with van der Waals surface area (Å²) in [6.45, 7) is 4.80. The summed E-state index contributed by atoms with van der Waals surface area (Å²) >= 11 is 1.43. The summed E-state index contributed by atoms with van der Waals surface area (Å²) in [5.74, 6) is 0.400. The Morgan fingerprint density at radius 1 is 1.21 bits per heavy atom. The molecular weight excluding hydrogens is 318 g/mol. The molecule has 24 heavy (non-hydrogen) atoms. The van der Waals surface area contributed by atoms with Gasteiger partial charge in [0.05, 0.1) is 16.8 Å². The predicted molar refractivity (Wildman–Crippen MR) is 99.4 cm³/mol. The number of amides is 1. The quantitative estimate of drug-likeness (QED) is 0.674. The molecule has 2 aromatic carbocycles. The standard InChI is InChI=1S/C19H21N3OS/c1-13-7-8-16-17(11-13)22-19(21-16)24-12-18(23)20-10-9-15-6-4-3-5-14(15)2/h3-8,11H,9-10,12H2,1-2H3,(H,20,23)(H,21,22). The number of H-pyrrole nitrogens is 1. The third kappa shape index (κ3) is 4.17. The van der Waals surface area contributed by atoms with E-state index in [0.717, 1.165) is 22.6 Å². The summed E-state index contributed by atoms with van der Waals surface area (Å²) < 4.78 is 0. The van der Waals surface area contributed by atoms with Crippen LogP contribution in [0.5, 0.6) is 0 Å². The number of nitrogens with zero attached hydrogens (tertiary/aromatic N) is 1. The third-order valence-electron chi connectivity index (χ3n) is 3.93. The number of nitrogens with one attached hydrogen (secondary N) is 2. The number of rotatable bonds is 6. The van der Waals surface area contributed by atoms with Gasteiger partial charge in [-0.05, 0) is 49.1 Å². The van der Waals surface area contributed by atoms with Crippen LogP contribution in [0.25, 0.3) is 11.0 Å². The van der Waals surface area contributed by atoms with Crippen molar-refractivity contribution in [1.29, 1.82) is 0 Å². The summed E-state index contributed by atoms with van der Waals surface area (Å²) in [7, 11) is 0. The minimum atomic E-state index is 0.0326. The van der Waals surface area contributed by atoms with Crippen LogP contribution in [0.3, 0.4) is 0 Å². The number of aromatic nitrogens is 2. The lowest BCUT2D eigenvalue weighted by atomic mass is 10.1. The van der Waals surface area contributed by atoms with Gasteiger partial charge in [-0.2, -0.15) is 0 Å². The Bertz CT molecular complexity index is 857. The average Bonchev–Trinajstić information content (AvgIpc) is 2.97. The molecule has 0 fully saturated rings. The number of carbonyl (C=O) groups is 1. The van der Waals surface area contributed by atoms with Crippen molar-refractivity contribution in [2.24, 2.45) is 0 Å². The molecule has 0 aliphatic carbocycles. The van der Waals surface area contributed by atoms with Crippen molar-refractivity contribution in [3.63, 3.8) is 0 Å². The maximum Gasteiger partial charge on any atom is 0.230 e. The van der Waals surface area contributed by atoms with Gasteiger partial charge >= 0.3 is 0 Å². The Hall–Kier alpha value is -2.27. The monoisotopic (exact) mass is 339 g/mol. The van der Waals surface area contributed by atoms with Gasteiger partial charge < -0.3 is 10.3 Å². The molecule has 0 bridgehead atoms. The number of benzene rings is 2. The number of fused-ring (bicyclic) bond motifs is 1. The van der Waals surface area contributed by atoms with E-state index in [1.807, 2.05) is 24.3 Å². The van der Waals surface area contributed by atoms with Gasteiger partial charge in [0.15, 0.2) is 5.16 Å². The highest BCUT2D eigenvalue weighted by molar-refractivity contribution is 7.99. The van der Waals surface area contributed by atoms with Crippen LogP contribution in [0.1, 0.15) is 16.7 Å². The molecule has 1 amide bonds. The van der Waals surface area contributed by atoms with Crippen molar-refractivity contribution < 1.29 is 4.79 Å². The Morgan fingerprint density at radius 2 is 2.04 bits per heavy atom. The number of carbonyl (C=O) groups excluding carboxylic acids is 1. The second-order valence-corrected chi connectivity index (χ2v) is 6.84. The van der Waals surface area contributed by atoms with E-state index in [9.17, 15) is 4.79 Å². The lowest BCUT2D eigenvalue weighted by Gasteiger charge is -2.07. The zero-order chi connectivity index (χ0) is 16.9. The van der Waals surface area contributed by atoms with Crippen LogP contribution >= 0.6 is 11.8 Å². The van der Waals surface area contributed by atoms with Crippen LogP contribution in [0.4, 0.5) is 0 Å². The molecule has 0 saturated heterocycles. The van der Waals surface area contributed by atoms with Gasteiger partial charge in [-0.3, -0.25) is 4.79 Å². The lowest BCUT2D eigenvalue weighted by molar-refractivity contribution is -0.118. The number of aromatic amines is 1. The van der Waals surface area contributed by atoms with Crippen LogP contribution in [0.15, 0.2) is 47.6 Å². The summed E-state index contributed by atoms with van der Waals surface area (Å²) in [6, 6.07) is 14.4. The van der Waals surface area contributed by atoms with E-state index in [0.29, 0.717) is 12.3 Å². The third-order valence-corrected chi connectivity index (χ3v) is 4.81. The Labute approximate surface area is 146 Å². The second kappa shape index (κ2) is 7.53. The van der Waals surface area contributed by atoms with E-state index in [2.05, 4.69) is 47.3 Å². The Morgan fingerprint density at radius 3 is 2.88 bits per heavy atom. The topological polar surface area (TPSA) is 57.8 Å². The van der Waals surface area contributed by atoms with Crippen molar-refractivity contribution in [3.8, 4) is 0 Å².